The van der Waals surface area contributed by atoms with Crippen LogP contribution in [0.1, 0.15) is 333 Å². The Balaban J connectivity index is 6.40. The highest BCUT2D eigenvalue weighted by molar-refractivity contribution is 5.83. The summed E-state index contributed by atoms with van der Waals surface area (Å²) in [6.07, 6.45) is 49.8. The average molecular weight is 1230 g/mol. The zero-order chi connectivity index (χ0) is 64.9. The third-order valence-corrected chi connectivity index (χ3v) is 14.5. The number of unbranched alkanes of at least 4 members (excludes halogenated alkanes) is 30. The highest BCUT2D eigenvalue weighted by Crippen LogP contribution is 2.18. The Bertz CT molecular complexity index is 1760. The first-order valence-electron chi connectivity index (χ1n) is 35.0. The molecule has 0 bridgehead atoms. The molecule has 15 nitrogen and oxygen atoms in total. The van der Waals surface area contributed by atoms with E-state index < -0.39 is 90.4 Å². The quantitative estimate of drug-likeness (QED) is 0.0226. The van der Waals surface area contributed by atoms with E-state index in [1.54, 1.807) is 62.3 Å². The second kappa shape index (κ2) is 53.3. The average Bonchev–Trinajstić information content (AvgIpc) is 3.47. The number of alkyl carbamates (subject to hydrolysis) is 3. The van der Waals surface area contributed by atoms with Crippen LogP contribution in [0.2, 0.25) is 0 Å². The molecule has 0 spiro atoms. The summed E-state index contributed by atoms with van der Waals surface area (Å²) in [4.78, 5) is 82.0. The van der Waals surface area contributed by atoms with Gasteiger partial charge in [-0.1, -0.05) is 211 Å². The summed E-state index contributed by atoms with van der Waals surface area (Å²) in [6, 6.07) is -3.35. The van der Waals surface area contributed by atoms with Crippen LogP contribution in [0.3, 0.4) is 0 Å². The maximum atomic E-state index is 14.3. The fourth-order valence-corrected chi connectivity index (χ4v) is 9.74. The fraction of sp³-hybridized carbons (Fsp3) is 0.833. The van der Waals surface area contributed by atoms with Crippen molar-refractivity contribution >= 4 is 36.2 Å². The number of esters is 3. The molecule has 0 aliphatic carbocycles. The Morgan fingerprint density at radius 1 is 0.310 bits per heavy atom. The first kappa shape index (κ1) is 82.4. The summed E-state index contributed by atoms with van der Waals surface area (Å²) in [7, 11) is 0. The molecule has 0 aliphatic heterocycles. The Morgan fingerprint density at radius 2 is 0.529 bits per heavy atom. The zero-order valence-electron chi connectivity index (χ0n) is 57.7. The van der Waals surface area contributed by atoms with Gasteiger partial charge in [0.15, 0.2) is 6.10 Å². The molecule has 0 heterocycles. The molecular weight excluding hydrogens is 1100 g/mol. The highest BCUT2D eigenvalue weighted by Gasteiger charge is 2.32. The molecule has 0 aromatic heterocycles. The molecule has 0 aromatic rings. The van der Waals surface area contributed by atoms with Crippen molar-refractivity contribution in [2.75, 3.05) is 13.2 Å². The summed E-state index contributed by atoms with van der Waals surface area (Å²) < 4.78 is 34.4. The fourth-order valence-electron chi connectivity index (χ4n) is 9.74. The Morgan fingerprint density at radius 3 is 0.770 bits per heavy atom. The molecule has 3 N–H and O–H groups in total. The first-order valence-corrected chi connectivity index (χ1v) is 35.0. The van der Waals surface area contributed by atoms with E-state index in [0.717, 1.165) is 96.3 Å². The van der Waals surface area contributed by atoms with Gasteiger partial charge in [0.05, 0.1) is 0 Å². The van der Waals surface area contributed by atoms with Crippen LogP contribution in [0.5, 0.6) is 0 Å². The summed E-state index contributed by atoms with van der Waals surface area (Å²) in [5.41, 5.74) is -2.52. The third kappa shape index (κ3) is 55.3. The number of hydrogen-bond acceptors (Lipinski definition) is 12. The summed E-state index contributed by atoms with van der Waals surface area (Å²) >= 11 is 0. The second-order valence-corrected chi connectivity index (χ2v) is 27.0. The topological polar surface area (TPSA) is 194 Å². The van der Waals surface area contributed by atoms with E-state index in [0.29, 0.717) is 19.3 Å². The highest BCUT2D eigenvalue weighted by atomic mass is 16.6. The number of ether oxygens (including phenoxy) is 6. The number of rotatable bonds is 53. The zero-order valence-corrected chi connectivity index (χ0v) is 57.7. The number of carbonyl (C=O) groups is 6. The molecule has 0 radical (unpaired) electrons. The van der Waals surface area contributed by atoms with Gasteiger partial charge in [0.25, 0.3) is 0 Å². The molecular formula is C72H131N3O12. The van der Waals surface area contributed by atoms with Crippen LogP contribution in [0.25, 0.3) is 0 Å². The van der Waals surface area contributed by atoms with Crippen molar-refractivity contribution in [1.29, 1.82) is 0 Å². The van der Waals surface area contributed by atoms with Crippen molar-refractivity contribution in [1.82, 2.24) is 16.0 Å². The van der Waals surface area contributed by atoms with Gasteiger partial charge < -0.3 is 44.4 Å². The first-order chi connectivity index (χ1) is 41.5. The molecule has 3 atom stereocenters. The van der Waals surface area contributed by atoms with Crippen LogP contribution in [-0.2, 0) is 42.8 Å². The lowest BCUT2D eigenvalue weighted by molar-refractivity contribution is -0.169. The predicted molar refractivity (Wildman–Crippen MR) is 356 cm³/mol. The van der Waals surface area contributed by atoms with Crippen molar-refractivity contribution in [2.24, 2.45) is 0 Å². The molecule has 0 aliphatic rings. The lowest BCUT2D eigenvalue weighted by Gasteiger charge is -2.26. The summed E-state index contributed by atoms with van der Waals surface area (Å²) in [5.74, 6) is -2.41. The smallest absolute Gasteiger partial charge is 0.408 e. The van der Waals surface area contributed by atoms with Crippen molar-refractivity contribution in [3.05, 3.63) is 36.5 Å². The lowest BCUT2D eigenvalue weighted by atomic mass is 10.1. The lowest BCUT2D eigenvalue weighted by Crippen LogP contribution is -2.48. The van der Waals surface area contributed by atoms with Crippen LogP contribution in [0.4, 0.5) is 14.4 Å². The molecule has 3 amide bonds. The van der Waals surface area contributed by atoms with Gasteiger partial charge in [-0.15, -0.1) is 0 Å². The molecule has 3 unspecified atom stereocenters. The Kier molecular flexibility index (Phi) is 50.5. The van der Waals surface area contributed by atoms with Gasteiger partial charge >= 0.3 is 36.2 Å². The minimum Gasteiger partial charge on any atom is -0.460 e. The molecule has 87 heavy (non-hydrogen) atoms. The second-order valence-electron chi connectivity index (χ2n) is 27.0. The summed E-state index contributed by atoms with van der Waals surface area (Å²) in [5, 5.41) is 8.09. The van der Waals surface area contributed by atoms with Gasteiger partial charge in [0, 0.05) is 0 Å². The molecule has 15 heteroatoms. The number of allylic oxidation sites excluding steroid dienone is 6. The van der Waals surface area contributed by atoms with Crippen molar-refractivity contribution in [3.8, 4) is 0 Å². The van der Waals surface area contributed by atoms with E-state index in [1.807, 2.05) is 0 Å². The van der Waals surface area contributed by atoms with E-state index in [9.17, 15) is 28.8 Å². The van der Waals surface area contributed by atoms with Gasteiger partial charge in [-0.25, -0.2) is 28.8 Å². The number of hydrogen-bond donors (Lipinski definition) is 3. The summed E-state index contributed by atoms with van der Waals surface area (Å²) in [6.45, 7) is 21.2. The normalized spacial score (nSPS) is 13.5. The van der Waals surface area contributed by atoms with Crippen LogP contribution < -0.4 is 16.0 Å². The monoisotopic (exact) mass is 1230 g/mol. The van der Waals surface area contributed by atoms with Crippen LogP contribution in [0, 0.1) is 0 Å². The molecule has 0 fully saturated rings. The van der Waals surface area contributed by atoms with Crippen LogP contribution in [0.15, 0.2) is 36.5 Å². The standard InChI is InChI=1S/C72H131N3O12/c1-13-16-19-22-25-28-31-34-37-40-43-46-49-52-55-61(73-67(79)85-70(4,5)6)64(76)82-58-60(84-66(78)63(75-69(81)87-72(10,11)12)57-54-51-48-45-42-39-36-33-30-27-24-21-18-15-3)59-83-65(77)62(74-68(80)86-71(7,8)9)56-53-50-47-44-41-38-35-32-29-26-23-20-17-14-2/h34-39,60-63H,13-33,40-59H2,1-12H3,(H,73,79)(H,74,80)(H,75,81). The molecule has 0 rings (SSSR count). The van der Waals surface area contributed by atoms with Crippen molar-refractivity contribution in [3.63, 3.8) is 0 Å². The van der Waals surface area contributed by atoms with Gasteiger partial charge in [-0.3, -0.25) is 0 Å². The van der Waals surface area contributed by atoms with Crippen LogP contribution in [-0.4, -0.2) is 90.4 Å². The number of nitrogens with one attached hydrogen (secondary N) is 3. The predicted octanol–water partition coefficient (Wildman–Crippen LogP) is 19.6. The number of carbonyl (C=O) groups excluding carboxylic acids is 6. The van der Waals surface area contributed by atoms with Crippen LogP contribution >= 0.6 is 0 Å². The third-order valence-electron chi connectivity index (χ3n) is 14.5. The maximum absolute atomic E-state index is 14.3. The van der Waals surface area contributed by atoms with E-state index in [1.165, 1.54) is 116 Å². The molecule has 0 saturated heterocycles. The minimum atomic E-state index is -1.36. The largest absolute Gasteiger partial charge is 0.460 e. The van der Waals surface area contributed by atoms with E-state index >= 15 is 0 Å². The van der Waals surface area contributed by atoms with Crippen molar-refractivity contribution < 1.29 is 57.2 Å². The minimum absolute atomic E-state index is 0.229. The van der Waals surface area contributed by atoms with E-state index in [4.69, 9.17) is 28.4 Å². The molecule has 0 saturated carbocycles. The molecule has 506 valence electrons. The van der Waals surface area contributed by atoms with Gasteiger partial charge in [0.2, 0.25) is 0 Å². The molecule has 0 aromatic carbocycles. The SMILES string of the molecule is CCCCCCCCC=CCCCCCCC(NC(=O)OC(C)(C)C)C(=O)OCC(COC(=O)C(CCCCCCC=CCCCCCCCC)NC(=O)OC(C)(C)C)OC(=O)C(CCCCCCC=CCCCCCCCC)NC(=O)OC(C)(C)C. The van der Waals surface area contributed by atoms with E-state index in [2.05, 4.69) is 73.2 Å². The number of amides is 3. The van der Waals surface area contributed by atoms with Gasteiger partial charge in [0.1, 0.15) is 48.1 Å². The maximum Gasteiger partial charge on any atom is 0.408 e. The van der Waals surface area contributed by atoms with Gasteiger partial charge in [-0.05, 0) is 159 Å². The van der Waals surface area contributed by atoms with Gasteiger partial charge in [-0.2, -0.15) is 0 Å². The Labute approximate surface area is 531 Å². The Hall–Kier alpha value is -4.56. The van der Waals surface area contributed by atoms with Crippen molar-refractivity contribution in [2.45, 2.75) is 375 Å². The van der Waals surface area contributed by atoms with E-state index in [-0.39, 0.29) is 19.3 Å².